The molecule has 1 atom stereocenters. The molecule has 2 aromatic rings. The second-order valence-electron chi connectivity index (χ2n) is 9.51. The molecule has 0 aliphatic carbocycles. The highest BCUT2D eigenvalue weighted by Crippen LogP contribution is 2.18. The Hall–Kier alpha value is -3.35. The molecule has 7 nitrogen and oxygen atoms in total. The lowest BCUT2D eigenvalue weighted by Crippen LogP contribution is -2.39. The van der Waals surface area contributed by atoms with E-state index in [0.29, 0.717) is 12.0 Å². The summed E-state index contributed by atoms with van der Waals surface area (Å²) in [5.41, 5.74) is 3.24. The third-order valence-corrected chi connectivity index (χ3v) is 4.88. The van der Waals surface area contributed by atoms with Crippen molar-refractivity contribution in [1.29, 1.82) is 0 Å². The van der Waals surface area contributed by atoms with Gasteiger partial charge in [-0.15, -0.1) is 0 Å². The molecule has 0 aliphatic heterocycles. The molecule has 0 aliphatic rings. The van der Waals surface area contributed by atoms with E-state index in [2.05, 4.69) is 41.3 Å². The van der Waals surface area contributed by atoms with E-state index < -0.39 is 11.9 Å². The van der Waals surface area contributed by atoms with E-state index in [1.54, 1.807) is 6.92 Å². The number of carbonyl (C=O) groups is 1. The summed E-state index contributed by atoms with van der Waals surface area (Å²) < 4.78 is 0. The monoisotopic (exact) mass is 481 g/mol. The van der Waals surface area contributed by atoms with Gasteiger partial charge < -0.3 is 20.2 Å². The highest BCUT2D eigenvalue weighted by atomic mass is 16.4. The molecule has 0 bridgehead atoms. The molecule has 0 saturated carbocycles. The van der Waals surface area contributed by atoms with Crippen molar-refractivity contribution in [3.63, 3.8) is 0 Å². The van der Waals surface area contributed by atoms with Crippen molar-refractivity contribution in [2.24, 2.45) is 9.98 Å². The molecule has 2 rings (SSSR count). The van der Waals surface area contributed by atoms with E-state index in [4.69, 9.17) is 5.11 Å². The number of nitrogens with zero attached hydrogens (tertiary/aromatic N) is 4. The molecule has 0 spiro atoms. The van der Waals surface area contributed by atoms with E-state index in [1.807, 2.05) is 94.3 Å². The van der Waals surface area contributed by atoms with Crippen LogP contribution >= 0.6 is 0 Å². The van der Waals surface area contributed by atoms with Crippen LogP contribution in [0, 0.1) is 0 Å². The van der Waals surface area contributed by atoms with Gasteiger partial charge in [-0.3, -0.25) is 4.79 Å². The zero-order valence-electron chi connectivity index (χ0n) is 22.8. The molecule has 0 saturated heterocycles. The molecule has 2 aromatic carbocycles. The second-order valence-corrected chi connectivity index (χ2v) is 9.51. The molecule has 0 fully saturated rings. The summed E-state index contributed by atoms with van der Waals surface area (Å²) in [6.45, 7) is 9.96. The van der Waals surface area contributed by atoms with Gasteiger partial charge in [0.25, 0.3) is 0 Å². The molecule has 1 unspecified atom stereocenters. The maximum absolute atomic E-state index is 11.0. The highest BCUT2D eigenvalue weighted by molar-refractivity contribution is 5.94. The van der Waals surface area contributed by atoms with Gasteiger partial charge in [0.15, 0.2) is 0 Å². The molecule has 0 aromatic heterocycles. The summed E-state index contributed by atoms with van der Waals surface area (Å²) in [6, 6.07) is 18.5. The maximum atomic E-state index is 11.0. The number of hydrogen-bond donors (Lipinski definition) is 2. The lowest BCUT2D eigenvalue weighted by Gasteiger charge is -2.23. The van der Waals surface area contributed by atoms with Crippen LogP contribution in [0.4, 0.5) is 0 Å². The average Bonchev–Trinajstić information content (AvgIpc) is 2.77. The van der Waals surface area contributed by atoms with Gasteiger partial charge >= 0.3 is 5.97 Å². The first-order valence-electron chi connectivity index (χ1n) is 12.0. The molecule has 0 amide bonds. The van der Waals surface area contributed by atoms with E-state index in [9.17, 15) is 4.79 Å². The largest absolute Gasteiger partial charge is 0.481 e. The predicted molar refractivity (Wildman–Crippen MR) is 147 cm³/mol. The van der Waals surface area contributed by atoms with E-state index in [1.165, 1.54) is 5.56 Å². The van der Waals surface area contributed by atoms with E-state index in [0.717, 1.165) is 23.5 Å². The van der Waals surface area contributed by atoms with E-state index >= 15 is 0 Å². The van der Waals surface area contributed by atoms with Crippen LogP contribution < -0.4 is 5.32 Å². The fourth-order valence-corrected chi connectivity index (χ4v) is 3.24. The Balaban J connectivity index is 0.000000351. The number of rotatable bonds is 6. The molecule has 0 heterocycles. The molecule has 35 heavy (non-hydrogen) atoms. The number of aliphatic carboxylic acids is 1. The number of hydrogen-bond acceptors (Lipinski definition) is 2. The third-order valence-electron chi connectivity index (χ3n) is 4.88. The van der Waals surface area contributed by atoms with Crippen molar-refractivity contribution < 1.29 is 9.90 Å². The molecule has 7 heteroatoms. The Kier molecular flexibility index (Phi) is 12.6. The quantitative estimate of drug-likeness (QED) is 0.462. The fourth-order valence-electron chi connectivity index (χ4n) is 3.24. The van der Waals surface area contributed by atoms with Gasteiger partial charge in [0, 0.05) is 40.3 Å². The van der Waals surface area contributed by atoms with Crippen molar-refractivity contribution in [2.75, 3.05) is 28.2 Å². The Morgan fingerprint density at radius 3 is 1.94 bits per heavy atom. The van der Waals surface area contributed by atoms with Gasteiger partial charge in [-0.2, -0.15) is 4.99 Å². The lowest BCUT2D eigenvalue weighted by atomic mass is 9.96. The van der Waals surface area contributed by atoms with Gasteiger partial charge in [0.1, 0.15) is 0 Å². The summed E-state index contributed by atoms with van der Waals surface area (Å²) in [5.74, 6) is 0.317. The number of guanidine groups is 2. The molecular formula is C28H43N5O2. The van der Waals surface area contributed by atoms with Gasteiger partial charge in [-0.05, 0) is 57.7 Å². The van der Waals surface area contributed by atoms with Crippen LogP contribution in [0.5, 0.6) is 0 Å². The minimum atomic E-state index is -0.785. The number of nitrogens with one attached hydrogen (secondary N) is 1. The summed E-state index contributed by atoms with van der Waals surface area (Å²) in [5, 5.41) is 12.3. The molecule has 192 valence electrons. The van der Waals surface area contributed by atoms with Crippen LogP contribution in [-0.2, 0) is 11.2 Å². The van der Waals surface area contributed by atoms with Crippen molar-refractivity contribution in [3.05, 3.63) is 71.3 Å². The first kappa shape index (κ1) is 29.7. The van der Waals surface area contributed by atoms with Gasteiger partial charge in [0.05, 0.1) is 5.92 Å². The molecule has 2 N–H and O–H groups in total. The molecular weight excluding hydrogens is 438 g/mol. The molecule has 0 radical (unpaired) electrons. The van der Waals surface area contributed by atoms with Crippen LogP contribution in [0.3, 0.4) is 0 Å². The normalized spacial score (nSPS) is 11.9. The second kappa shape index (κ2) is 14.8. The Bertz CT molecular complexity index is 956. The fraction of sp³-hybridized carbons (Fsp3) is 0.464. The zero-order chi connectivity index (χ0) is 26.5. The van der Waals surface area contributed by atoms with Gasteiger partial charge in [0.2, 0.25) is 11.9 Å². The number of benzene rings is 2. The minimum absolute atomic E-state index is 0.227. The van der Waals surface area contributed by atoms with Crippen molar-refractivity contribution in [3.8, 4) is 0 Å². The SMILES string of the molecule is CC(C(=O)O)c1cccc(Cc2ccccc2)c1.CC(C)N=C(N=C(N(C)C)N(C)C)NC(C)C. The van der Waals surface area contributed by atoms with Crippen molar-refractivity contribution >= 4 is 17.9 Å². The zero-order valence-corrected chi connectivity index (χ0v) is 22.8. The first-order valence-corrected chi connectivity index (χ1v) is 12.0. The van der Waals surface area contributed by atoms with E-state index in [-0.39, 0.29) is 6.04 Å². The van der Waals surface area contributed by atoms with Crippen LogP contribution in [-0.4, -0.2) is 73.1 Å². The first-order chi connectivity index (χ1) is 16.4. The Morgan fingerprint density at radius 1 is 0.886 bits per heavy atom. The summed E-state index contributed by atoms with van der Waals surface area (Å²) in [6.07, 6.45) is 0.834. The topological polar surface area (TPSA) is 80.5 Å². The van der Waals surface area contributed by atoms with Gasteiger partial charge in [-0.1, -0.05) is 54.6 Å². The summed E-state index contributed by atoms with van der Waals surface area (Å²) >= 11 is 0. The number of carboxylic acids is 1. The average molecular weight is 482 g/mol. The Morgan fingerprint density at radius 2 is 1.46 bits per heavy atom. The predicted octanol–water partition coefficient (Wildman–Crippen LogP) is 4.69. The Labute approximate surface area is 211 Å². The third kappa shape index (κ3) is 11.6. The smallest absolute Gasteiger partial charge is 0.310 e. The van der Waals surface area contributed by atoms with Crippen LogP contribution in [0.15, 0.2) is 64.6 Å². The minimum Gasteiger partial charge on any atom is -0.481 e. The van der Waals surface area contributed by atoms with Gasteiger partial charge in [-0.25, -0.2) is 4.99 Å². The maximum Gasteiger partial charge on any atom is 0.310 e. The van der Waals surface area contributed by atoms with Crippen LogP contribution in [0.25, 0.3) is 0 Å². The lowest BCUT2D eigenvalue weighted by molar-refractivity contribution is -0.138. The van der Waals surface area contributed by atoms with Crippen molar-refractivity contribution in [2.45, 2.75) is 59.0 Å². The summed E-state index contributed by atoms with van der Waals surface area (Å²) in [4.78, 5) is 24.0. The van der Waals surface area contributed by atoms with Crippen LogP contribution in [0.2, 0.25) is 0 Å². The number of carboxylic acid groups (broad SMARTS) is 1. The summed E-state index contributed by atoms with van der Waals surface area (Å²) in [7, 11) is 7.89. The number of aliphatic imine (C=N–C) groups is 2. The highest BCUT2D eigenvalue weighted by Gasteiger charge is 2.13. The van der Waals surface area contributed by atoms with Crippen LogP contribution in [0.1, 0.15) is 57.2 Å². The van der Waals surface area contributed by atoms with Crippen molar-refractivity contribution in [1.82, 2.24) is 15.1 Å². The standard InChI is InChI=1S/C16H16O2.C12H27N5/c1-12(16(17)18)15-9-5-8-14(11-15)10-13-6-3-2-4-7-13;1-9(2)13-11(14-10(3)4)15-12(16(5)6)17(7)8/h2-9,11-12H,10H2,1H3,(H,17,18);9-10H,1-8H3,(H,13,14).